The molecule has 2 aliphatic carbocycles. The molecule has 1 aromatic heterocycles. The Hall–Kier alpha value is -2.98. The first-order chi connectivity index (χ1) is 16.9. The Labute approximate surface area is 208 Å². The van der Waals surface area contributed by atoms with Gasteiger partial charge in [0.25, 0.3) is 5.91 Å². The molecule has 35 heavy (non-hydrogen) atoms. The summed E-state index contributed by atoms with van der Waals surface area (Å²) in [5.41, 5.74) is 5.92. The van der Waals surface area contributed by atoms with Gasteiger partial charge in [-0.25, -0.2) is 0 Å². The van der Waals surface area contributed by atoms with Gasteiger partial charge in [-0.1, -0.05) is 43.3 Å². The quantitative estimate of drug-likeness (QED) is 0.455. The molecule has 1 saturated carbocycles. The average Bonchev–Trinajstić information content (AvgIpc) is 3.02. The summed E-state index contributed by atoms with van der Waals surface area (Å²) in [4.78, 5) is 17.3. The summed E-state index contributed by atoms with van der Waals surface area (Å²) in [5, 5.41) is 14.3. The van der Waals surface area contributed by atoms with Crippen molar-refractivity contribution >= 4 is 11.6 Å². The first kappa shape index (κ1) is 23.7. The number of anilines is 1. The van der Waals surface area contributed by atoms with Gasteiger partial charge in [0.05, 0.1) is 5.60 Å². The average molecular weight is 469 g/mol. The summed E-state index contributed by atoms with van der Waals surface area (Å²) in [5.74, 6) is 0.353. The van der Waals surface area contributed by atoms with E-state index in [9.17, 15) is 9.90 Å². The number of carbonyl (C=O) groups is 1. The Morgan fingerprint density at radius 3 is 2.74 bits per heavy atom. The number of amides is 1. The van der Waals surface area contributed by atoms with E-state index in [1.165, 1.54) is 16.7 Å². The molecule has 2 aromatic carbocycles. The van der Waals surface area contributed by atoms with E-state index in [2.05, 4.69) is 59.7 Å². The fourth-order valence-corrected chi connectivity index (χ4v) is 6.53. The highest BCUT2D eigenvalue weighted by Gasteiger charge is 2.50. The molecule has 0 saturated heterocycles. The molecule has 1 heterocycles. The van der Waals surface area contributed by atoms with E-state index in [0.717, 1.165) is 62.6 Å². The van der Waals surface area contributed by atoms with Gasteiger partial charge in [-0.3, -0.25) is 9.78 Å². The second kappa shape index (κ2) is 9.58. The molecule has 182 valence electrons. The van der Waals surface area contributed by atoms with Crippen LogP contribution >= 0.6 is 0 Å². The molecule has 0 unspecified atom stereocenters. The molecular weight excluding hydrogens is 432 g/mol. The Morgan fingerprint density at radius 2 is 1.97 bits per heavy atom. The second-order valence-corrected chi connectivity index (χ2v) is 10.7. The van der Waals surface area contributed by atoms with Crippen molar-refractivity contribution in [2.75, 3.05) is 5.32 Å². The number of carbonyl (C=O) groups excluding carboxylic acids is 1. The number of aryl methyl sites for hydroxylation is 2. The SMILES string of the molecule is CC[C@@]1(O)CC[C@@]2(Cc3ccccc3)c3ccc(C(=O)Nc4ccncc4C)cc3CCC[C@H]2C1. The Bertz CT molecular complexity index is 1210. The van der Waals surface area contributed by atoms with Crippen LogP contribution in [0.15, 0.2) is 67.0 Å². The highest BCUT2D eigenvalue weighted by molar-refractivity contribution is 6.04. The van der Waals surface area contributed by atoms with E-state index in [1.54, 1.807) is 12.4 Å². The van der Waals surface area contributed by atoms with Crippen LogP contribution < -0.4 is 5.32 Å². The fourth-order valence-electron chi connectivity index (χ4n) is 6.53. The van der Waals surface area contributed by atoms with Crippen LogP contribution in [0.1, 0.15) is 78.1 Å². The lowest BCUT2D eigenvalue weighted by Gasteiger charge is -2.50. The highest BCUT2D eigenvalue weighted by Crippen LogP contribution is 2.54. The van der Waals surface area contributed by atoms with Crippen molar-refractivity contribution in [2.45, 2.75) is 76.2 Å². The van der Waals surface area contributed by atoms with Crippen molar-refractivity contribution < 1.29 is 9.90 Å². The lowest BCUT2D eigenvalue weighted by molar-refractivity contribution is -0.0497. The first-order valence-electron chi connectivity index (χ1n) is 13.0. The third kappa shape index (κ3) is 4.64. The van der Waals surface area contributed by atoms with Gasteiger partial charge in [-0.2, -0.15) is 0 Å². The smallest absolute Gasteiger partial charge is 0.255 e. The van der Waals surface area contributed by atoms with E-state index >= 15 is 0 Å². The van der Waals surface area contributed by atoms with Crippen LogP contribution in [-0.4, -0.2) is 21.6 Å². The van der Waals surface area contributed by atoms with E-state index in [0.29, 0.717) is 11.5 Å². The summed E-state index contributed by atoms with van der Waals surface area (Å²) < 4.78 is 0. The van der Waals surface area contributed by atoms with Crippen molar-refractivity contribution in [3.05, 3.63) is 94.8 Å². The maximum absolute atomic E-state index is 13.2. The maximum atomic E-state index is 13.2. The zero-order valence-corrected chi connectivity index (χ0v) is 20.9. The van der Waals surface area contributed by atoms with Crippen molar-refractivity contribution in [1.82, 2.24) is 4.98 Å². The number of hydrogen-bond acceptors (Lipinski definition) is 3. The minimum atomic E-state index is -0.558. The lowest BCUT2D eigenvalue weighted by atomic mass is 9.55. The van der Waals surface area contributed by atoms with Crippen LogP contribution in [0.25, 0.3) is 0 Å². The van der Waals surface area contributed by atoms with Crippen LogP contribution in [0.5, 0.6) is 0 Å². The van der Waals surface area contributed by atoms with Crippen molar-refractivity contribution in [2.24, 2.45) is 5.92 Å². The molecule has 5 rings (SSSR count). The Kier molecular flexibility index (Phi) is 6.50. The van der Waals surface area contributed by atoms with Gasteiger partial charge in [0.2, 0.25) is 0 Å². The first-order valence-corrected chi connectivity index (χ1v) is 13.0. The number of rotatable bonds is 5. The molecule has 0 bridgehead atoms. The minimum Gasteiger partial charge on any atom is -0.390 e. The molecular formula is C31H36N2O2. The Morgan fingerprint density at radius 1 is 1.14 bits per heavy atom. The van der Waals surface area contributed by atoms with Gasteiger partial charge < -0.3 is 10.4 Å². The molecule has 0 spiro atoms. The minimum absolute atomic E-state index is 0.00865. The number of nitrogens with zero attached hydrogens (tertiary/aromatic N) is 1. The van der Waals surface area contributed by atoms with Gasteiger partial charge in [-0.05, 0) is 105 Å². The second-order valence-electron chi connectivity index (χ2n) is 10.7. The van der Waals surface area contributed by atoms with Crippen molar-refractivity contribution in [3.63, 3.8) is 0 Å². The number of nitrogens with one attached hydrogen (secondary N) is 1. The third-order valence-electron chi connectivity index (χ3n) is 8.64. The predicted octanol–water partition coefficient (Wildman–Crippen LogP) is 6.40. The molecule has 0 aliphatic heterocycles. The fraction of sp³-hybridized carbons (Fsp3) is 0.419. The van der Waals surface area contributed by atoms with Gasteiger partial charge in [-0.15, -0.1) is 0 Å². The molecule has 0 radical (unpaired) electrons. The van der Waals surface area contributed by atoms with E-state index in [4.69, 9.17) is 0 Å². The number of aliphatic hydroxyl groups is 1. The van der Waals surface area contributed by atoms with Crippen LogP contribution in [0.2, 0.25) is 0 Å². The van der Waals surface area contributed by atoms with Crippen LogP contribution in [0, 0.1) is 12.8 Å². The standard InChI is InChI=1S/C31H36N2O2/c1-3-30(35)15-16-31(19-23-8-5-4-6-9-23)26(20-30)11-7-10-24-18-25(12-13-27(24)31)29(34)33-28-14-17-32-21-22(28)2/h4-6,8-9,12-14,17-18,21,26,35H,3,7,10-11,15-16,19-20H2,1-2H3,(H,32,33,34)/t26-,30+,31-/m0/s1. The molecule has 3 aromatic rings. The summed E-state index contributed by atoms with van der Waals surface area (Å²) >= 11 is 0. The predicted molar refractivity (Wildman–Crippen MR) is 141 cm³/mol. The highest BCUT2D eigenvalue weighted by atomic mass is 16.3. The van der Waals surface area contributed by atoms with Crippen LogP contribution in [0.4, 0.5) is 5.69 Å². The lowest BCUT2D eigenvalue weighted by Crippen LogP contribution is -2.48. The zero-order valence-electron chi connectivity index (χ0n) is 20.9. The number of aromatic nitrogens is 1. The van der Waals surface area contributed by atoms with E-state index in [1.807, 2.05) is 19.1 Å². The van der Waals surface area contributed by atoms with Crippen LogP contribution in [0.3, 0.4) is 0 Å². The van der Waals surface area contributed by atoms with Gasteiger partial charge in [0, 0.05) is 29.1 Å². The van der Waals surface area contributed by atoms with E-state index in [-0.39, 0.29) is 11.3 Å². The van der Waals surface area contributed by atoms with Gasteiger partial charge >= 0.3 is 0 Å². The maximum Gasteiger partial charge on any atom is 0.255 e. The summed E-state index contributed by atoms with van der Waals surface area (Å²) in [6, 6.07) is 19.0. The summed E-state index contributed by atoms with van der Waals surface area (Å²) in [7, 11) is 0. The number of fused-ring (bicyclic) bond motifs is 3. The summed E-state index contributed by atoms with van der Waals surface area (Å²) in [6.45, 7) is 4.07. The van der Waals surface area contributed by atoms with Crippen molar-refractivity contribution in [3.8, 4) is 0 Å². The molecule has 2 aliphatic rings. The summed E-state index contributed by atoms with van der Waals surface area (Å²) in [6.07, 6.45) is 11.1. The number of benzene rings is 2. The van der Waals surface area contributed by atoms with Gasteiger partial charge in [0.15, 0.2) is 0 Å². The zero-order chi connectivity index (χ0) is 24.5. The molecule has 3 atom stereocenters. The largest absolute Gasteiger partial charge is 0.390 e. The molecule has 1 fully saturated rings. The normalized spacial score (nSPS) is 25.7. The Balaban J connectivity index is 1.52. The number of hydrogen-bond donors (Lipinski definition) is 2. The van der Waals surface area contributed by atoms with Gasteiger partial charge in [0.1, 0.15) is 0 Å². The number of pyridine rings is 1. The van der Waals surface area contributed by atoms with Crippen molar-refractivity contribution in [1.29, 1.82) is 0 Å². The molecule has 4 heteroatoms. The van der Waals surface area contributed by atoms with Crippen LogP contribution in [-0.2, 0) is 18.3 Å². The molecule has 2 N–H and O–H groups in total. The monoisotopic (exact) mass is 468 g/mol. The molecule has 4 nitrogen and oxygen atoms in total. The topological polar surface area (TPSA) is 62.2 Å². The molecule has 1 amide bonds. The third-order valence-corrected chi connectivity index (χ3v) is 8.64. The van der Waals surface area contributed by atoms with E-state index < -0.39 is 5.60 Å².